The maximum atomic E-state index is 12.4. The van der Waals surface area contributed by atoms with E-state index in [0.29, 0.717) is 17.6 Å². The highest BCUT2D eigenvalue weighted by Gasteiger charge is 2.33. The molecule has 5 heteroatoms. The van der Waals surface area contributed by atoms with Crippen LogP contribution in [0.4, 0.5) is 5.69 Å². The second-order valence-electron chi connectivity index (χ2n) is 5.93. The predicted octanol–water partition coefficient (Wildman–Crippen LogP) is 2.16. The zero-order valence-corrected chi connectivity index (χ0v) is 12.1. The molecule has 1 aliphatic heterocycles. The fourth-order valence-electron chi connectivity index (χ4n) is 3.31. The topological polar surface area (TPSA) is 69.0 Å². The summed E-state index contributed by atoms with van der Waals surface area (Å²) >= 11 is 0. The summed E-state index contributed by atoms with van der Waals surface area (Å²) < 4.78 is 0. The highest BCUT2D eigenvalue weighted by Crippen LogP contribution is 2.30. The van der Waals surface area contributed by atoms with Gasteiger partial charge in [0.2, 0.25) is 5.91 Å². The summed E-state index contributed by atoms with van der Waals surface area (Å²) in [4.78, 5) is 18.5. The predicted molar refractivity (Wildman–Crippen MR) is 79.5 cm³/mol. The number of hydrogen-bond donors (Lipinski definition) is 1. The fourth-order valence-corrected chi connectivity index (χ4v) is 3.31. The molecule has 110 valence electrons. The summed E-state index contributed by atoms with van der Waals surface area (Å²) in [6.07, 6.45) is 6.87. The number of anilines is 1. The van der Waals surface area contributed by atoms with Gasteiger partial charge in [0.25, 0.3) is 0 Å². The van der Waals surface area contributed by atoms with Gasteiger partial charge < -0.3 is 10.2 Å². The molecule has 1 aliphatic carbocycles. The Morgan fingerprint density at radius 2 is 2.14 bits per heavy atom. The zero-order chi connectivity index (χ0) is 14.7. The van der Waals surface area contributed by atoms with Gasteiger partial charge in [-0.05, 0) is 44.2 Å². The Kier molecular flexibility index (Phi) is 4.05. The van der Waals surface area contributed by atoms with Gasteiger partial charge in [-0.1, -0.05) is 0 Å². The van der Waals surface area contributed by atoms with E-state index in [1.54, 1.807) is 12.3 Å². The molecule has 1 N–H and O–H groups in total. The Morgan fingerprint density at radius 3 is 2.81 bits per heavy atom. The molecule has 0 unspecified atom stereocenters. The first-order chi connectivity index (χ1) is 10.3. The number of nitriles is 1. The minimum absolute atomic E-state index is 0.173. The number of aromatic nitrogens is 1. The molecule has 2 aliphatic rings. The average molecular weight is 284 g/mol. The quantitative estimate of drug-likeness (QED) is 0.923. The van der Waals surface area contributed by atoms with Crippen LogP contribution < -0.4 is 5.32 Å². The number of rotatable bonds is 3. The minimum atomic E-state index is 0.173. The van der Waals surface area contributed by atoms with Gasteiger partial charge in [-0.3, -0.25) is 4.79 Å². The number of likely N-dealkylation sites (tertiary alicyclic amines) is 1. The third-order valence-electron chi connectivity index (χ3n) is 4.45. The number of carbonyl (C=O) groups is 1. The number of nitrogens with one attached hydrogen (secondary N) is 1. The highest BCUT2D eigenvalue weighted by molar-refractivity contribution is 5.79. The van der Waals surface area contributed by atoms with Gasteiger partial charge >= 0.3 is 0 Å². The summed E-state index contributed by atoms with van der Waals surface area (Å²) in [5.41, 5.74) is 1.35. The SMILES string of the molecule is N#Cc1ccc(N[C@H]2CC[C@@H](C(=O)N3CCCC3)C2)cn1. The molecule has 1 saturated carbocycles. The lowest BCUT2D eigenvalue weighted by atomic mass is 10.1. The number of amides is 1. The van der Waals surface area contributed by atoms with Crippen LogP contribution in [0.3, 0.4) is 0 Å². The molecule has 0 aromatic carbocycles. The molecule has 0 radical (unpaired) electrons. The van der Waals surface area contributed by atoms with Crippen LogP contribution in [0.1, 0.15) is 37.8 Å². The van der Waals surface area contributed by atoms with E-state index in [2.05, 4.69) is 10.3 Å². The molecule has 0 bridgehead atoms. The lowest BCUT2D eigenvalue weighted by molar-refractivity contribution is -0.134. The lowest BCUT2D eigenvalue weighted by Crippen LogP contribution is -2.33. The average Bonchev–Trinajstić information content (AvgIpc) is 3.19. The fraction of sp³-hybridized carbons (Fsp3) is 0.562. The zero-order valence-electron chi connectivity index (χ0n) is 12.1. The van der Waals surface area contributed by atoms with E-state index in [1.807, 2.05) is 17.0 Å². The summed E-state index contributed by atoms with van der Waals surface area (Å²) in [6.45, 7) is 1.87. The first-order valence-corrected chi connectivity index (χ1v) is 7.68. The summed E-state index contributed by atoms with van der Waals surface area (Å²) in [7, 11) is 0. The van der Waals surface area contributed by atoms with Gasteiger partial charge in [0.05, 0.1) is 11.9 Å². The van der Waals surface area contributed by atoms with Crippen molar-refractivity contribution in [3.63, 3.8) is 0 Å². The molecule has 2 fully saturated rings. The van der Waals surface area contributed by atoms with Crippen molar-refractivity contribution >= 4 is 11.6 Å². The van der Waals surface area contributed by atoms with Crippen LogP contribution in [0.15, 0.2) is 18.3 Å². The van der Waals surface area contributed by atoms with E-state index >= 15 is 0 Å². The second kappa shape index (κ2) is 6.13. The van der Waals surface area contributed by atoms with E-state index in [9.17, 15) is 4.79 Å². The number of nitrogens with zero attached hydrogens (tertiary/aromatic N) is 3. The molecule has 5 nitrogen and oxygen atoms in total. The van der Waals surface area contributed by atoms with E-state index in [4.69, 9.17) is 5.26 Å². The van der Waals surface area contributed by atoms with E-state index in [1.165, 1.54) is 0 Å². The van der Waals surface area contributed by atoms with Crippen LogP contribution in [-0.4, -0.2) is 34.9 Å². The Labute approximate surface area is 125 Å². The van der Waals surface area contributed by atoms with Gasteiger partial charge in [-0.2, -0.15) is 5.26 Å². The van der Waals surface area contributed by atoms with Gasteiger partial charge in [-0.15, -0.1) is 0 Å². The molecule has 2 atom stereocenters. The van der Waals surface area contributed by atoms with Crippen LogP contribution in [0, 0.1) is 17.2 Å². The third-order valence-corrected chi connectivity index (χ3v) is 4.45. The molecule has 1 saturated heterocycles. The molecule has 1 aromatic heterocycles. The van der Waals surface area contributed by atoms with Crippen molar-refractivity contribution in [2.24, 2.45) is 5.92 Å². The van der Waals surface area contributed by atoms with Crippen molar-refractivity contribution in [1.82, 2.24) is 9.88 Å². The molecule has 0 spiro atoms. The number of hydrogen-bond acceptors (Lipinski definition) is 4. The van der Waals surface area contributed by atoms with Crippen LogP contribution in [-0.2, 0) is 4.79 Å². The smallest absolute Gasteiger partial charge is 0.225 e. The molecule has 3 rings (SSSR count). The Bertz CT molecular complexity index is 542. The molecular weight excluding hydrogens is 264 g/mol. The monoisotopic (exact) mass is 284 g/mol. The van der Waals surface area contributed by atoms with Crippen molar-refractivity contribution in [3.8, 4) is 6.07 Å². The summed E-state index contributed by atoms with van der Waals surface area (Å²) in [5.74, 6) is 0.515. The maximum absolute atomic E-state index is 12.4. The molecule has 1 amide bonds. The van der Waals surface area contributed by atoms with Crippen LogP contribution >= 0.6 is 0 Å². The highest BCUT2D eigenvalue weighted by atomic mass is 16.2. The van der Waals surface area contributed by atoms with E-state index in [-0.39, 0.29) is 5.92 Å². The van der Waals surface area contributed by atoms with Crippen molar-refractivity contribution in [2.45, 2.75) is 38.1 Å². The molecule has 1 aromatic rings. The standard InChI is InChI=1S/C16H20N4O/c17-10-14-5-6-15(11-18-14)19-13-4-3-12(9-13)16(21)20-7-1-2-8-20/h5-6,11-13,19H,1-4,7-9H2/t12-,13+/m1/s1. The lowest BCUT2D eigenvalue weighted by Gasteiger charge is -2.20. The Balaban J connectivity index is 1.54. The van der Waals surface area contributed by atoms with Crippen molar-refractivity contribution in [2.75, 3.05) is 18.4 Å². The van der Waals surface area contributed by atoms with E-state index in [0.717, 1.165) is 50.9 Å². The van der Waals surface area contributed by atoms with Crippen molar-refractivity contribution in [3.05, 3.63) is 24.0 Å². The van der Waals surface area contributed by atoms with Gasteiger partial charge in [-0.25, -0.2) is 4.98 Å². The largest absolute Gasteiger partial charge is 0.381 e. The second-order valence-corrected chi connectivity index (χ2v) is 5.93. The first kappa shape index (κ1) is 13.9. The Morgan fingerprint density at radius 1 is 1.33 bits per heavy atom. The maximum Gasteiger partial charge on any atom is 0.225 e. The first-order valence-electron chi connectivity index (χ1n) is 7.68. The van der Waals surface area contributed by atoms with Crippen molar-refractivity contribution in [1.29, 1.82) is 5.26 Å². The minimum Gasteiger partial charge on any atom is -0.381 e. The van der Waals surface area contributed by atoms with Crippen LogP contribution in [0.2, 0.25) is 0 Å². The summed E-state index contributed by atoms with van der Waals surface area (Å²) in [6, 6.07) is 5.93. The van der Waals surface area contributed by atoms with Crippen LogP contribution in [0.5, 0.6) is 0 Å². The normalized spacial score (nSPS) is 24.8. The number of pyridine rings is 1. The number of carbonyl (C=O) groups excluding carboxylic acids is 1. The molecule has 2 heterocycles. The molecule has 21 heavy (non-hydrogen) atoms. The Hall–Kier alpha value is -2.09. The van der Waals surface area contributed by atoms with Gasteiger partial charge in [0.1, 0.15) is 11.8 Å². The van der Waals surface area contributed by atoms with E-state index < -0.39 is 0 Å². The van der Waals surface area contributed by atoms with Gasteiger partial charge in [0, 0.05) is 25.0 Å². The molecular formula is C16H20N4O. The van der Waals surface area contributed by atoms with Crippen molar-refractivity contribution < 1.29 is 4.79 Å². The van der Waals surface area contributed by atoms with Gasteiger partial charge in [0.15, 0.2) is 0 Å². The van der Waals surface area contributed by atoms with Crippen LogP contribution in [0.25, 0.3) is 0 Å². The third kappa shape index (κ3) is 3.15. The summed E-state index contributed by atoms with van der Waals surface area (Å²) in [5, 5.41) is 12.2.